The Hall–Kier alpha value is -1.82. The van der Waals surface area contributed by atoms with Crippen LogP contribution in [0.15, 0.2) is 18.3 Å². The molecule has 3 aliphatic rings. The number of aromatic nitrogens is 2. The first-order valence-corrected chi connectivity index (χ1v) is 9.36. The Morgan fingerprint density at radius 2 is 2.24 bits per heavy atom. The number of nitrogens with one attached hydrogen (secondary N) is 1. The van der Waals surface area contributed by atoms with Crippen molar-refractivity contribution in [1.29, 1.82) is 0 Å². The van der Waals surface area contributed by atoms with Gasteiger partial charge < -0.3 is 15.0 Å². The Balaban J connectivity index is 1.40. The highest BCUT2D eigenvalue weighted by molar-refractivity contribution is 5.78. The van der Waals surface area contributed by atoms with Gasteiger partial charge >= 0.3 is 6.03 Å². The minimum Gasteiger partial charge on any atom is -0.371 e. The third-order valence-electron chi connectivity index (χ3n) is 5.81. The Bertz CT molecular complexity index is 693. The third kappa shape index (κ3) is 3.19. The number of carbonyl (C=O) groups excluding carboxylic acids is 1. The van der Waals surface area contributed by atoms with Crippen molar-refractivity contribution in [2.24, 2.45) is 7.05 Å². The Kier molecular flexibility index (Phi) is 4.10. The molecule has 0 saturated carbocycles. The SMILES string of the molecule is Cn1nccc1C1=C[C@H]2CC[C@@H](C1)N2C(=O)NC[C@H]1CCC(C)(C)O1. The van der Waals surface area contributed by atoms with Gasteiger partial charge in [-0.05, 0) is 57.6 Å². The molecule has 2 saturated heterocycles. The highest BCUT2D eigenvalue weighted by atomic mass is 16.5. The maximum absolute atomic E-state index is 12.7. The Morgan fingerprint density at radius 1 is 1.40 bits per heavy atom. The molecule has 1 aromatic heterocycles. The average molecular weight is 344 g/mol. The van der Waals surface area contributed by atoms with Crippen molar-refractivity contribution in [3.05, 3.63) is 24.0 Å². The van der Waals surface area contributed by atoms with Crippen LogP contribution in [0.4, 0.5) is 4.79 Å². The summed E-state index contributed by atoms with van der Waals surface area (Å²) >= 11 is 0. The second-order valence-electron chi connectivity index (χ2n) is 8.17. The standard InChI is InChI=1S/C19H28N4O2/c1-19(2)8-6-16(25-19)12-20-18(24)23-14-4-5-15(23)11-13(10-14)17-7-9-21-22(17)3/h7,9-10,14-16H,4-6,8,11-12H2,1-3H3,(H,20,24)/t14-,15+,16-/m1/s1. The fraction of sp³-hybridized carbons (Fsp3) is 0.684. The van der Waals surface area contributed by atoms with E-state index >= 15 is 0 Å². The van der Waals surface area contributed by atoms with E-state index in [0.29, 0.717) is 12.6 Å². The third-order valence-corrected chi connectivity index (χ3v) is 5.81. The lowest BCUT2D eigenvalue weighted by molar-refractivity contribution is -0.0137. The molecule has 0 aromatic carbocycles. The molecule has 1 aromatic rings. The molecule has 0 radical (unpaired) electrons. The molecule has 0 aliphatic carbocycles. The number of ether oxygens (including phenoxy) is 1. The minimum atomic E-state index is -0.0553. The maximum atomic E-state index is 12.7. The summed E-state index contributed by atoms with van der Waals surface area (Å²) in [6.07, 6.45) is 9.34. The summed E-state index contributed by atoms with van der Waals surface area (Å²) in [6, 6.07) is 2.60. The molecule has 25 heavy (non-hydrogen) atoms. The maximum Gasteiger partial charge on any atom is 0.318 e. The van der Waals surface area contributed by atoms with Gasteiger partial charge in [-0.1, -0.05) is 6.08 Å². The largest absolute Gasteiger partial charge is 0.371 e. The molecular weight excluding hydrogens is 316 g/mol. The molecular formula is C19H28N4O2. The zero-order valence-electron chi connectivity index (χ0n) is 15.4. The monoisotopic (exact) mass is 344 g/mol. The number of hydrogen-bond donors (Lipinski definition) is 1. The van der Waals surface area contributed by atoms with Crippen molar-refractivity contribution in [3.8, 4) is 0 Å². The van der Waals surface area contributed by atoms with Crippen LogP contribution in [0.1, 0.15) is 51.6 Å². The molecule has 4 heterocycles. The number of carbonyl (C=O) groups is 1. The lowest BCUT2D eigenvalue weighted by Gasteiger charge is -2.34. The van der Waals surface area contributed by atoms with Gasteiger partial charge in [0, 0.05) is 25.8 Å². The van der Waals surface area contributed by atoms with Gasteiger partial charge in [0.1, 0.15) is 0 Å². The van der Waals surface area contributed by atoms with Gasteiger partial charge in [-0.15, -0.1) is 0 Å². The first-order chi connectivity index (χ1) is 11.9. The van der Waals surface area contributed by atoms with Crippen LogP contribution in [0, 0.1) is 0 Å². The predicted molar refractivity (Wildman–Crippen MR) is 96.0 cm³/mol. The zero-order valence-corrected chi connectivity index (χ0v) is 15.4. The smallest absolute Gasteiger partial charge is 0.318 e. The summed E-state index contributed by atoms with van der Waals surface area (Å²) in [5.41, 5.74) is 2.43. The van der Waals surface area contributed by atoms with Crippen molar-refractivity contribution in [2.45, 2.75) is 69.7 Å². The fourth-order valence-corrected chi connectivity index (χ4v) is 4.54. The Labute approximate surface area is 149 Å². The molecule has 4 rings (SSSR count). The van der Waals surface area contributed by atoms with Crippen molar-refractivity contribution in [2.75, 3.05) is 6.54 Å². The van der Waals surface area contributed by atoms with E-state index in [1.54, 1.807) is 0 Å². The number of fused-ring (bicyclic) bond motifs is 2. The van der Waals surface area contributed by atoms with E-state index in [1.165, 1.54) is 11.3 Å². The number of hydrogen-bond acceptors (Lipinski definition) is 3. The van der Waals surface area contributed by atoms with Gasteiger partial charge in [-0.3, -0.25) is 4.68 Å². The van der Waals surface area contributed by atoms with E-state index in [2.05, 4.69) is 36.4 Å². The summed E-state index contributed by atoms with van der Waals surface area (Å²) in [6.45, 7) is 4.84. The summed E-state index contributed by atoms with van der Waals surface area (Å²) < 4.78 is 7.90. The summed E-state index contributed by atoms with van der Waals surface area (Å²) in [5, 5.41) is 7.38. The van der Waals surface area contributed by atoms with Gasteiger partial charge in [0.2, 0.25) is 0 Å². The van der Waals surface area contributed by atoms with Gasteiger partial charge in [-0.25, -0.2) is 4.79 Å². The average Bonchev–Trinajstić information content (AvgIpc) is 3.21. The number of aryl methyl sites for hydroxylation is 1. The lowest BCUT2D eigenvalue weighted by Crippen LogP contribution is -2.49. The van der Waals surface area contributed by atoms with Gasteiger partial charge in [0.05, 0.1) is 23.4 Å². The molecule has 2 amide bonds. The van der Waals surface area contributed by atoms with E-state index in [1.807, 2.05) is 22.8 Å². The molecule has 0 unspecified atom stereocenters. The zero-order chi connectivity index (χ0) is 17.6. The Morgan fingerprint density at radius 3 is 2.88 bits per heavy atom. The highest BCUT2D eigenvalue weighted by Gasteiger charge is 2.40. The van der Waals surface area contributed by atoms with Crippen LogP contribution in [0.5, 0.6) is 0 Å². The molecule has 3 aliphatic heterocycles. The molecule has 3 atom stereocenters. The molecule has 6 heteroatoms. The molecule has 6 nitrogen and oxygen atoms in total. The van der Waals surface area contributed by atoms with Crippen LogP contribution in [-0.4, -0.2) is 51.0 Å². The van der Waals surface area contributed by atoms with Crippen molar-refractivity contribution in [1.82, 2.24) is 20.0 Å². The van der Waals surface area contributed by atoms with Crippen molar-refractivity contribution in [3.63, 3.8) is 0 Å². The van der Waals surface area contributed by atoms with Crippen LogP contribution in [0.25, 0.3) is 5.57 Å². The number of amides is 2. The van der Waals surface area contributed by atoms with E-state index in [9.17, 15) is 4.79 Å². The molecule has 0 spiro atoms. The van der Waals surface area contributed by atoms with Crippen LogP contribution < -0.4 is 5.32 Å². The number of rotatable bonds is 3. The number of urea groups is 1. The van der Waals surface area contributed by atoms with Gasteiger partial charge in [0.25, 0.3) is 0 Å². The van der Waals surface area contributed by atoms with Crippen molar-refractivity contribution < 1.29 is 9.53 Å². The van der Waals surface area contributed by atoms with Gasteiger partial charge in [0.15, 0.2) is 0 Å². The summed E-state index contributed by atoms with van der Waals surface area (Å²) in [4.78, 5) is 14.8. The van der Waals surface area contributed by atoms with Crippen LogP contribution >= 0.6 is 0 Å². The molecule has 2 fully saturated rings. The van der Waals surface area contributed by atoms with Crippen molar-refractivity contribution >= 4 is 11.6 Å². The normalized spacial score (nSPS) is 30.4. The fourth-order valence-electron chi connectivity index (χ4n) is 4.54. The topological polar surface area (TPSA) is 59.4 Å². The second kappa shape index (κ2) is 6.16. The summed E-state index contributed by atoms with van der Waals surface area (Å²) in [5.74, 6) is 0. The lowest BCUT2D eigenvalue weighted by atomic mass is 9.99. The molecule has 2 bridgehead atoms. The molecule has 1 N–H and O–H groups in total. The van der Waals surface area contributed by atoms with Crippen LogP contribution in [0.2, 0.25) is 0 Å². The number of nitrogens with zero attached hydrogens (tertiary/aromatic N) is 3. The first kappa shape index (κ1) is 16.6. The second-order valence-corrected chi connectivity index (χ2v) is 8.17. The first-order valence-electron chi connectivity index (χ1n) is 9.36. The van der Waals surface area contributed by atoms with E-state index in [-0.39, 0.29) is 23.8 Å². The van der Waals surface area contributed by atoms with Crippen LogP contribution in [-0.2, 0) is 11.8 Å². The quantitative estimate of drug-likeness (QED) is 0.917. The highest BCUT2D eigenvalue weighted by Crippen LogP contribution is 2.38. The minimum absolute atomic E-state index is 0.0553. The van der Waals surface area contributed by atoms with E-state index in [4.69, 9.17) is 4.74 Å². The predicted octanol–water partition coefficient (Wildman–Crippen LogP) is 2.71. The summed E-state index contributed by atoms with van der Waals surface area (Å²) in [7, 11) is 1.97. The molecule has 136 valence electrons. The van der Waals surface area contributed by atoms with Crippen LogP contribution in [0.3, 0.4) is 0 Å². The van der Waals surface area contributed by atoms with E-state index < -0.39 is 0 Å². The van der Waals surface area contributed by atoms with E-state index in [0.717, 1.165) is 32.1 Å². The van der Waals surface area contributed by atoms with Gasteiger partial charge in [-0.2, -0.15) is 5.10 Å².